The van der Waals surface area contributed by atoms with Crippen molar-refractivity contribution < 1.29 is 9.90 Å². The van der Waals surface area contributed by atoms with Crippen molar-refractivity contribution in [1.82, 2.24) is 5.32 Å². The molecular formula is C8H18ClNO2. The Kier molecular flexibility index (Phi) is 10.2. The number of amides is 1. The molecule has 0 aliphatic rings. The maximum absolute atomic E-state index is 10.2. The predicted molar refractivity (Wildman–Crippen MR) is 52.0 cm³/mol. The Morgan fingerprint density at radius 1 is 1.50 bits per heavy atom. The highest BCUT2D eigenvalue weighted by Gasteiger charge is 2.06. The smallest absolute Gasteiger partial charge is 0.404 e. The minimum atomic E-state index is -0.909. The normalized spacial score (nSPS) is 11.5. The molecule has 0 bridgehead atoms. The first kappa shape index (κ1) is 14.1. The fraction of sp³-hybridized carbons (Fsp3) is 0.875. The van der Waals surface area contributed by atoms with E-state index in [2.05, 4.69) is 12.2 Å². The molecule has 1 amide bonds. The second-order valence-corrected chi connectivity index (χ2v) is 2.70. The van der Waals surface area contributed by atoms with E-state index in [1.165, 1.54) is 0 Å². The number of carboxylic acid groups (broad SMARTS) is 1. The molecule has 0 radical (unpaired) electrons. The molecule has 3 nitrogen and oxygen atoms in total. The van der Waals surface area contributed by atoms with Crippen LogP contribution in [0.2, 0.25) is 0 Å². The van der Waals surface area contributed by atoms with Gasteiger partial charge in [-0.15, -0.1) is 12.4 Å². The lowest BCUT2D eigenvalue weighted by molar-refractivity contribution is 0.188. The number of hydrogen-bond acceptors (Lipinski definition) is 1. The highest BCUT2D eigenvalue weighted by atomic mass is 35.5. The average Bonchev–Trinajstić information content (AvgIpc) is 1.97. The average molecular weight is 196 g/mol. The monoisotopic (exact) mass is 195 g/mol. The summed E-state index contributed by atoms with van der Waals surface area (Å²) in [5.74, 6) is 0. The topological polar surface area (TPSA) is 49.3 Å². The molecule has 74 valence electrons. The standard InChI is InChI=1S/C8H17NO2.ClH/c1-3-5-6-7(4-2)9-8(10)11;/h7,9H,3-6H2,1-2H3,(H,10,11);1H. The minimum absolute atomic E-state index is 0. The third-order valence-corrected chi connectivity index (χ3v) is 1.73. The van der Waals surface area contributed by atoms with Crippen LogP contribution in [0.5, 0.6) is 0 Å². The molecule has 0 aliphatic carbocycles. The van der Waals surface area contributed by atoms with E-state index >= 15 is 0 Å². The summed E-state index contributed by atoms with van der Waals surface area (Å²) in [5.41, 5.74) is 0. The van der Waals surface area contributed by atoms with E-state index in [9.17, 15) is 4.79 Å². The van der Waals surface area contributed by atoms with E-state index < -0.39 is 6.09 Å². The van der Waals surface area contributed by atoms with Gasteiger partial charge in [0, 0.05) is 6.04 Å². The van der Waals surface area contributed by atoms with Crippen LogP contribution in [-0.2, 0) is 0 Å². The summed E-state index contributed by atoms with van der Waals surface area (Å²) in [5, 5.41) is 10.9. The molecule has 0 fully saturated rings. The molecule has 0 aliphatic heterocycles. The lowest BCUT2D eigenvalue weighted by Crippen LogP contribution is -2.32. The summed E-state index contributed by atoms with van der Waals surface area (Å²) >= 11 is 0. The highest BCUT2D eigenvalue weighted by Crippen LogP contribution is 2.03. The van der Waals surface area contributed by atoms with E-state index in [4.69, 9.17) is 5.11 Å². The molecule has 2 N–H and O–H groups in total. The van der Waals surface area contributed by atoms with Crippen molar-refractivity contribution >= 4 is 18.5 Å². The van der Waals surface area contributed by atoms with Crippen molar-refractivity contribution in [3.63, 3.8) is 0 Å². The Balaban J connectivity index is 0. The van der Waals surface area contributed by atoms with Gasteiger partial charge in [-0.2, -0.15) is 0 Å². The lowest BCUT2D eigenvalue weighted by atomic mass is 10.1. The summed E-state index contributed by atoms with van der Waals surface area (Å²) in [6.45, 7) is 4.10. The van der Waals surface area contributed by atoms with Gasteiger partial charge in [-0.05, 0) is 12.8 Å². The van der Waals surface area contributed by atoms with Gasteiger partial charge in [0.05, 0.1) is 0 Å². The maximum atomic E-state index is 10.2. The third kappa shape index (κ3) is 7.66. The molecule has 1 atom stereocenters. The van der Waals surface area contributed by atoms with E-state index in [-0.39, 0.29) is 18.4 Å². The highest BCUT2D eigenvalue weighted by molar-refractivity contribution is 5.85. The van der Waals surface area contributed by atoms with Gasteiger partial charge in [0.1, 0.15) is 0 Å². The van der Waals surface area contributed by atoms with Crippen molar-refractivity contribution in [1.29, 1.82) is 0 Å². The molecule has 0 saturated heterocycles. The quantitative estimate of drug-likeness (QED) is 0.709. The van der Waals surface area contributed by atoms with Crippen LogP contribution in [0, 0.1) is 0 Å². The first-order valence-electron chi connectivity index (χ1n) is 4.20. The van der Waals surface area contributed by atoms with Gasteiger partial charge in [0.15, 0.2) is 0 Å². The Bertz CT molecular complexity index is 120. The van der Waals surface area contributed by atoms with Gasteiger partial charge in [-0.3, -0.25) is 0 Å². The fourth-order valence-electron chi connectivity index (χ4n) is 1.00. The molecule has 0 aromatic heterocycles. The largest absolute Gasteiger partial charge is 0.465 e. The Hall–Kier alpha value is -0.440. The number of halogens is 1. The summed E-state index contributed by atoms with van der Waals surface area (Å²) in [7, 11) is 0. The SMILES string of the molecule is CCCCC(CC)NC(=O)O.Cl. The van der Waals surface area contributed by atoms with Crippen LogP contribution in [0.3, 0.4) is 0 Å². The van der Waals surface area contributed by atoms with Crippen LogP contribution >= 0.6 is 12.4 Å². The molecule has 0 aromatic carbocycles. The number of rotatable bonds is 5. The van der Waals surface area contributed by atoms with E-state index in [0.717, 1.165) is 25.7 Å². The molecule has 0 spiro atoms. The number of nitrogens with one attached hydrogen (secondary N) is 1. The zero-order chi connectivity index (χ0) is 8.69. The lowest BCUT2D eigenvalue weighted by Gasteiger charge is -2.13. The van der Waals surface area contributed by atoms with Gasteiger partial charge in [0.25, 0.3) is 0 Å². The maximum Gasteiger partial charge on any atom is 0.404 e. The Morgan fingerprint density at radius 2 is 2.08 bits per heavy atom. The summed E-state index contributed by atoms with van der Waals surface area (Å²) in [6.07, 6.45) is 3.15. The molecule has 0 aromatic rings. The summed E-state index contributed by atoms with van der Waals surface area (Å²) in [6, 6.07) is 0.146. The Labute approximate surface area is 80.0 Å². The van der Waals surface area contributed by atoms with Crippen LogP contribution in [-0.4, -0.2) is 17.2 Å². The molecule has 0 rings (SSSR count). The molecule has 1 unspecified atom stereocenters. The van der Waals surface area contributed by atoms with Gasteiger partial charge in [-0.25, -0.2) is 4.79 Å². The van der Waals surface area contributed by atoms with Gasteiger partial charge < -0.3 is 10.4 Å². The van der Waals surface area contributed by atoms with Crippen molar-refractivity contribution in [2.45, 2.75) is 45.6 Å². The minimum Gasteiger partial charge on any atom is -0.465 e. The Morgan fingerprint density at radius 3 is 2.42 bits per heavy atom. The fourth-order valence-corrected chi connectivity index (χ4v) is 1.00. The zero-order valence-corrected chi connectivity index (χ0v) is 8.49. The summed E-state index contributed by atoms with van der Waals surface area (Å²) < 4.78 is 0. The second kappa shape index (κ2) is 8.65. The predicted octanol–water partition coefficient (Wildman–Crippen LogP) is 2.64. The van der Waals surface area contributed by atoms with Crippen LogP contribution in [0.15, 0.2) is 0 Å². The first-order chi connectivity index (χ1) is 5.20. The van der Waals surface area contributed by atoms with Gasteiger partial charge >= 0.3 is 6.09 Å². The number of carbonyl (C=O) groups is 1. The molecule has 0 heterocycles. The van der Waals surface area contributed by atoms with Gasteiger partial charge in [-0.1, -0.05) is 26.7 Å². The van der Waals surface area contributed by atoms with Crippen molar-refractivity contribution in [2.24, 2.45) is 0 Å². The second-order valence-electron chi connectivity index (χ2n) is 2.70. The van der Waals surface area contributed by atoms with Crippen LogP contribution in [0.25, 0.3) is 0 Å². The number of hydrogen-bond donors (Lipinski definition) is 2. The van der Waals surface area contributed by atoms with Crippen molar-refractivity contribution in [3.05, 3.63) is 0 Å². The van der Waals surface area contributed by atoms with Gasteiger partial charge in [0.2, 0.25) is 0 Å². The van der Waals surface area contributed by atoms with E-state index in [0.29, 0.717) is 0 Å². The molecule has 0 saturated carbocycles. The van der Waals surface area contributed by atoms with Crippen LogP contribution in [0.4, 0.5) is 4.79 Å². The van der Waals surface area contributed by atoms with Crippen LogP contribution < -0.4 is 5.32 Å². The molecule has 12 heavy (non-hydrogen) atoms. The van der Waals surface area contributed by atoms with Crippen molar-refractivity contribution in [2.75, 3.05) is 0 Å². The van der Waals surface area contributed by atoms with Crippen LogP contribution in [0.1, 0.15) is 39.5 Å². The zero-order valence-electron chi connectivity index (χ0n) is 7.67. The molecule has 4 heteroatoms. The first-order valence-corrected chi connectivity index (χ1v) is 4.20. The summed E-state index contributed by atoms with van der Waals surface area (Å²) in [4.78, 5) is 10.2. The number of unbranched alkanes of at least 4 members (excludes halogenated alkanes) is 1. The van der Waals surface area contributed by atoms with E-state index in [1.807, 2.05) is 6.92 Å². The van der Waals surface area contributed by atoms with Crippen molar-refractivity contribution in [3.8, 4) is 0 Å². The molecular weight excluding hydrogens is 178 g/mol. The van der Waals surface area contributed by atoms with E-state index in [1.54, 1.807) is 0 Å². The third-order valence-electron chi connectivity index (χ3n) is 1.73.